The lowest BCUT2D eigenvalue weighted by Gasteiger charge is -2.16. The van der Waals surface area contributed by atoms with Gasteiger partial charge in [-0.25, -0.2) is 0 Å². The van der Waals surface area contributed by atoms with Gasteiger partial charge in [-0.3, -0.25) is 4.98 Å². The molecule has 0 amide bonds. The van der Waals surface area contributed by atoms with Gasteiger partial charge in [-0.05, 0) is 30.0 Å². The molecule has 1 atom stereocenters. The molecule has 2 rings (SSSR count). The lowest BCUT2D eigenvalue weighted by molar-refractivity contribution is 0.763. The normalized spacial score (nSPS) is 12.3. The number of thiophene rings is 1. The second-order valence-corrected chi connectivity index (χ2v) is 4.34. The monoisotopic (exact) mass is 218 g/mol. The zero-order valence-electron chi connectivity index (χ0n) is 8.68. The molecule has 0 radical (unpaired) electrons. The van der Waals surface area contributed by atoms with Crippen LogP contribution >= 0.6 is 11.3 Å². The highest BCUT2D eigenvalue weighted by atomic mass is 32.1. The topological polar surface area (TPSA) is 24.9 Å². The van der Waals surface area contributed by atoms with E-state index >= 15 is 0 Å². The molecular formula is C12H14N2S. The molecule has 0 aromatic carbocycles. The average Bonchev–Trinajstić information content (AvgIpc) is 2.81. The van der Waals surface area contributed by atoms with E-state index in [2.05, 4.69) is 34.7 Å². The molecule has 2 nitrogen and oxygen atoms in total. The number of nitrogens with zero attached hydrogens (tertiary/aromatic N) is 1. The molecule has 0 aliphatic heterocycles. The second kappa shape index (κ2) is 4.94. The van der Waals surface area contributed by atoms with Crippen LogP contribution in [0.25, 0.3) is 0 Å². The summed E-state index contributed by atoms with van der Waals surface area (Å²) in [6, 6.07) is 8.65. The highest BCUT2D eigenvalue weighted by molar-refractivity contribution is 7.10. The van der Waals surface area contributed by atoms with Crippen LogP contribution in [0.1, 0.15) is 24.3 Å². The molecule has 2 heterocycles. The van der Waals surface area contributed by atoms with Gasteiger partial charge in [0.15, 0.2) is 0 Å². The Morgan fingerprint density at radius 1 is 1.40 bits per heavy atom. The predicted octanol–water partition coefficient (Wildman–Crippen LogP) is 3.71. The molecule has 0 aliphatic carbocycles. The van der Waals surface area contributed by atoms with E-state index in [1.807, 2.05) is 18.3 Å². The van der Waals surface area contributed by atoms with Crippen molar-refractivity contribution in [1.29, 1.82) is 0 Å². The van der Waals surface area contributed by atoms with Crippen molar-refractivity contribution in [2.75, 3.05) is 5.32 Å². The third-order valence-corrected chi connectivity index (χ3v) is 3.28. The third kappa shape index (κ3) is 2.57. The number of aromatic nitrogens is 1. The summed E-state index contributed by atoms with van der Waals surface area (Å²) in [6.45, 7) is 2.19. The molecule has 15 heavy (non-hydrogen) atoms. The standard InChI is InChI=1S/C12H14N2S/c1-2-11(12-6-4-8-15-12)14-10-5-3-7-13-9-10/h3-9,11,14H,2H2,1H3. The second-order valence-electron chi connectivity index (χ2n) is 3.36. The molecule has 0 saturated carbocycles. The molecule has 2 aromatic rings. The number of nitrogens with one attached hydrogen (secondary N) is 1. The smallest absolute Gasteiger partial charge is 0.0604 e. The van der Waals surface area contributed by atoms with Gasteiger partial charge in [-0.15, -0.1) is 11.3 Å². The van der Waals surface area contributed by atoms with E-state index in [9.17, 15) is 0 Å². The Bertz CT molecular complexity index is 383. The maximum Gasteiger partial charge on any atom is 0.0604 e. The molecule has 2 aromatic heterocycles. The first kappa shape index (κ1) is 10.2. The lowest BCUT2D eigenvalue weighted by Crippen LogP contribution is -2.07. The predicted molar refractivity (Wildman–Crippen MR) is 65.2 cm³/mol. The van der Waals surface area contributed by atoms with Crippen molar-refractivity contribution in [3.63, 3.8) is 0 Å². The number of hydrogen-bond acceptors (Lipinski definition) is 3. The Kier molecular flexibility index (Phi) is 3.35. The molecule has 78 valence electrons. The van der Waals surface area contributed by atoms with Crippen molar-refractivity contribution in [3.05, 3.63) is 46.9 Å². The zero-order valence-corrected chi connectivity index (χ0v) is 9.50. The highest BCUT2D eigenvalue weighted by Gasteiger charge is 2.09. The van der Waals surface area contributed by atoms with Crippen LogP contribution in [0.15, 0.2) is 42.0 Å². The van der Waals surface area contributed by atoms with Gasteiger partial charge in [-0.1, -0.05) is 13.0 Å². The lowest BCUT2D eigenvalue weighted by atomic mass is 10.2. The summed E-state index contributed by atoms with van der Waals surface area (Å²) in [6.07, 6.45) is 4.73. The van der Waals surface area contributed by atoms with Gasteiger partial charge in [0.2, 0.25) is 0 Å². The van der Waals surface area contributed by atoms with E-state index in [0.717, 1.165) is 12.1 Å². The van der Waals surface area contributed by atoms with E-state index < -0.39 is 0 Å². The van der Waals surface area contributed by atoms with Gasteiger partial charge in [0.25, 0.3) is 0 Å². The fourth-order valence-electron chi connectivity index (χ4n) is 1.51. The molecule has 0 spiro atoms. The minimum Gasteiger partial charge on any atom is -0.376 e. The fraction of sp³-hybridized carbons (Fsp3) is 0.250. The first-order chi connectivity index (χ1) is 7.40. The maximum absolute atomic E-state index is 4.09. The molecular weight excluding hydrogens is 204 g/mol. The van der Waals surface area contributed by atoms with Crippen molar-refractivity contribution in [2.24, 2.45) is 0 Å². The third-order valence-electron chi connectivity index (χ3n) is 2.30. The first-order valence-corrected chi connectivity index (χ1v) is 5.98. The molecule has 0 aliphatic rings. The molecule has 3 heteroatoms. The number of pyridine rings is 1. The number of hydrogen-bond donors (Lipinski definition) is 1. The van der Waals surface area contributed by atoms with Gasteiger partial charge in [0, 0.05) is 17.3 Å². The van der Waals surface area contributed by atoms with Crippen LogP contribution in [-0.4, -0.2) is 4.98 Å². The zero-order chi connectivity index (χ0) is 10.5. The van der Waals surface area contributed by atoms with Crippen LogP contribution in [0.2, 0.25) is 0 Å². The summed E-state index contributed by atoms with van der Waals surface area (Å²) < 4.78 is 0. The van der Waals surface area contributed by atoms with Crippen molar-refractivity contribution in [3.8, 4) is 0 Å². The Morgan fingerprint density at radius 3 is 2.93 bits per heavy atom. The molecule has 0 bridgehead atoms. The number of anilines is 1. The summed E-state index contributed by atoms with van der Waals surface area (Å²) in [5.41, 5.74) is 1.08. The SMILES string of the molecule is CCC(Nc1cccnc1)c1cccs1. The van der Waals surface area contributed by atoms with Crippen LogP contribution < -0.4 is 5.32 Å². The van der Waals surface area contributed by atoms with Crippen LogP contribution in [-0.2, 0) is 0 Å². The Morgan fingerprint density at radius 2 is 2.33 bits per heavy atom. The van der Waals surface area contributed by atoms with E-state index in [-0.39, 0.29) is 0 Å². The summed E-state index contributed by atoms with van der Waals surface area (Å²) >= 11 is 1.79. The summed E-state index contributed by atoms with van der Waals surface area (Å²) in [4.78, 5) is 5.47. The van der Waals surface area contributed by atoms with Crippen molar-refractivity contribution >= 4 is 17.0 Å². The van der Waals surface area contributed by atoms with Crippen LogP contribution in [0, 0.1) is 0 Å². The van der Waals surface area contributed by atoms with Crippen LogP contribution in [0.4, 0.5) is 5.69 Å². The van der Waals surface area contributed by atoms with Crippen LogP contribution in [0.3, 0.4) is 0 Å². The average molecular weight is 218 g/mol. The number of rotatable bonds is 4. The minimum atomic E-state index is 0.397. The van der Waals surface area contributed by atoms with E-state index in [0.29, 0.717) is 6.04 Å². The largest absolute Gasteiger partial charge is 0.376 e. The van der Waals surface area contributed by atoms with E-state index in [1.54, 1.807) is 17.5 Å². The summed E-state index contributed by atoms with van der Waals surface area (Å²) in [5.74, 6) is 0. The minimum absolute atomic E-state index is 0.397. The van der Waals surface area contributed by atoms with Gasteiger partial charge >= 0.3 is 0 Å². The molecule has 0 saturated heterocycles. The Labute approximate surface area is 94.0 Å². The summed E-state index contributed by atoms with van der Waals surface area (Å²) in [7, 11) is 0. The van der Waals surface area contributed by atoms with Crippen molar-refractivity contribution in [1.82, 2.24) is 4.98 Å². The molecule has 0 fully saturated rings. The van der Waals surface area contributed by atoms with Gasteiger partial charge in [0.1, 0.15) is 0 Å². The van der Waals surface area contributed by atoms with Crippen molar-refractivity contribution < 1.29 is 0 Å². The van der Waals surface area contributed by atoms with Gasteiger partial charge < -0.3 is 5.32 Å². The highest BCUT2D eigenvalue weighted by Crippen LogP contribution is 2.25. The fourth-order valence-corrected chi connectivity index (χ4v) is 2.37. The van der Waals surface area contributed by atoms with Crippen molar-refractivity contribution in [2.45, 2.75) is 19.4 Å². The first-order valence-electron chi connectivity index (χ1n) is 5.10. The van der Waals surface area contributed by atoms with Gasteiger partial charge in [0.05, 0.1) is 11.7 Å². The Hall–Kier alpha value is -1.35. The van der Waals surface area contributed by atoms with Gasteiger partial charge in [-0.2, -0.15) is 0 Å². The van der Waals surface area contributed by atoms with E-state index in [1.165, 1.54) is 4.88 Å². The quantitative estimate of drug-likeness (QED) is 0.846. The molecule has 1 unspecified atom stereocenters. The van der Waals surface area contributed by atoms with Crippen LogP contribution in [0.5, 0.6) is 0 Å². The maximum atomic E-state index is 4.09. The summed E-state index contributed by atoms with van der Waals surface area (Å²) in [5, 5.41) is 5.59. The van der Waals surface area contributed by atoms with E-state index in [4.69, 9.17) is 0 Å². The molecule has 1 N–H and O–H groups in total. The Balaban J connectivity index is 2.10.